The van der Waals surface area contributed by atoms with Gasteiger partial charge in [0.05, 0.1) is 5.92 Å². The average molecular weight is 280 g/mol. The Morgan fingerprint density at radius 3 is 2.26 bits per heavy atom. The van der Waals surface area contributed by atoms with Crippen LogP contribution in [-0.4, -0.2) is 43.8 Å². The third-order valence-electron chi connectivity index (χ3n) is 3.88. The van der Waals surface area contributed by atoms with Gasteiger partial charge in [-0.25, -0.2) is 0 Å². The van der Waals surface area contributed by atoms with Gasteiger partial charge in [-0.2, -0.15) is 13.2 Å². The molecule has 0 aromatic heterocycles. The molecule has 0 unspecified atom stereocenters. The molecule has 0 spiro atoms. The zero-order valence-corrected chi connectivity index (χ0v) is 11.9. The van der Waals surface area contributed by atoms with Crippen LogP contribution in [0, 0.1) is 5.92 Å². The monoisotopic (exact) mass is 280 g/mol. The fourth-order valence-corrected chi connectivity index (χ4v) is 2.60. The first kappa shape index (κ1) is 16.8. The lowest BCUT2D eigenvalue weighted by Crippen LogP contribution is -2.39. The average Bonchev–Trinajstić information content (AvgIpc) is 2.37. The summed E-state index contributed by atoms with van der Waals surface area (Å²) in [5.41, 5.74) is 0. The molecule has 1 saturated heterocycles. The van der Waals surface area contributed by atoms with Crippen LogP contribution >= 0.6 is 0 Å². The Bertz CT molecular complexity index is 223. The Kier molecular flexibility index (Phi) is 7.76. The Balaban J connectivity index is 1.98. The van der Waals surface area contributed by atoms with Gasteiger partial charge in [0.25, 0.3) is 0 Å². The van der Waals surface area contributed by atoms with Gasteiger partial charge < -0.3 is 10.2 Å². The fraction of sp³-hybridized carbons (Fsp3) is 1.00. The van der Waals surface area contributed by atoms with Crippen molar-refractivity contribution in [1.82, 2.24) is 10.2 Å². The second-order valence-electron chi connectivity index (χ2n) is 5.43. The second kappa shape index (κ2) is 8.80. The number of halogens is 3. The van der Waals surface area contributed by atoms with Crippen molar-refractivity contribution in [2.45, 2.75) is 51.6 Å². The number of nitrogens with one attached hydrogen (secondary N) is 1. The highest BCUT2D eigenvalue weighted by Crippen LogP contribution is 2.34. The van der Waals surface area contributed by atoms with Crippen molar-refractivity contribution in [2.24, 2.45) is 5.92 Å². The molecule has 0 aromatic rings. The zero-order chi connectivity index (χ0) is 14.1. The van der Waals surface area contributed by atoms with E-state index in [1.807, 2.05) is 0 Å². The SMILES string of the molecule is CCNCCCCCCN1CCC(C(F)(F)F)CC1. The summed E-state index contributed by atoms with van der Waals surface area (Å²) >= 11 is 0. The number of hydrogen-bond donors (Lipinski definition) is 1. The van der Waals surface area contributed by atoms with Gasteiger partial charge in [-0.3, -0.25) is 0 Å². The van der Waals surface area contributed by atoms with E-state index in [1.54, 1.807) is 0 Å². The Hall–Kier alpha value is -0.290. The Labute approximate surface area is 114 Å². The number of alkyl halides is 3. The van der Waals surface area contributed by atoms with Crippen molar-refractivity contribution in [1.29, 1.82) is 0 Å². The lowest BCUT2D eigenvalue weighted by molar-refractivity contribution is -0.185. The zero-order valence-electron chi connectivity index (χ0n) is 11.9. The van der Waals surface area contributed by atoms with E-state index in [0.717, 1.165) is 26.1 Å². The first-order valence-electron chi connectivity index (χ1n) is 7.54. The maximum atomic E-state index is 12.5. The molecule has 0 aromatic carbocycles. The first-order valence-corrected chi connectivity index (χ1v) is 7.54. The van der Waals surface area contributed by atoms with Gasteiger partial charge >= 0.3 is 6.18 Å². The minimum Gasteiger partial charge on any atom is -0.317 e. The first-order chi connectivity index (χ1) is 9.04. The standard InChI is InChI=1S/C14H27F3N2/c1-2-18-9-5-3-4-6-10-19-11-7-13(8-12-19)14(15,16)17/h13,18H,2-12H2,1H3. The van der Waals surface area contributed by atoms with Crippen LogP contribution in [0.5, 0.6) is 0 Å². The van der Waals surface area contributed by atoms with Crippen LogP contribution in [0.25, 0.3) is 0 Å². The fourth-order valence-electron chi connectivity index (χ4n) is 2.60. The second-order valence-corrected chi connectivity index (χ2v) is 5.43. The molecule has 0 bridgehead atoms. The number of hydrogen-bond acceptors (Lipinski definition) is 2. The molecule has 114 valence electrons. The predicted octanol–water partition coefficient (Wildman–Crippen LogP) is 3.43. The summed E-state index contributed by atoms with van der Waals surface area (Å²) in [6.07, 6.45) is 1.29. The molecule has 1 rings (SSSR count). The summed E-state index contributed by atoms with van der Waals surface area (Å²) in [5, 5.41) is 3.29. The highest BCUT2D eigenvalue weighted by molar-refractivity contribution is 4.76. The third kappa shape index (κ3) is 7.16. The van der Waals surface area contributed by atoms with Crippen molar-refractivity contribution in [2.75, 3.05) is 32.7 Å². The molecule has 0 radical (unpaired) electrons. The molecule has 1 heterocycles. The number of unbranched alkanes of at least 4 members (excludes halogenated alkanes) is 3. The molecule has 0 aliphatic carbocycles. The predicted molar refractivity (Wildman–Crippen MR) is 72.2 cm³/mol. The Morgan fingerprint density at radius 2 is 1.68 bits per heavy atom. The molecule has 1 aliphatic heterocycles. The van der Waals surface area contributed by atoms with Gasteiger partial charge in [-0.1, -0.05) is 19.8 Å². The number of rotatable bonds is 8. The third-order valence-corrected chi connectivity index (χ3v) is 3.88. The van der Waals surface area contributed by atoms with Crippen LogP contribution in [0.2, 0.25) is 0 Å². The van der Waals surface area contributed by atoms with Crippen LogP contribution in [0.3, 0.4) is 0 Å². The molecule has 0 atom stereocenters. The van der Waals surface area contributed by atoms with E-state index in [-0.39, 0.29) is 12.8 Å². The molecule has 2 nitrogen and oxygen atoms in total. The lowest BCUT2D eigenvalue weighted by Gasteiger charge is -2.32. The molecule has 1 fully saturated rings. The van der Waals surface area contributed by atoms with Crippen molar-refractivity contribution in [3.05, 3.63) is 0 Å². The van der Waals surface area contributed by atoms with Crippen molar-refractivity contribution < 1.29 is 13.2 Å². The lowest BCUT2D eigenvalue weighted by atomic mass is 9.96. The van der Waals surface area contributed by atoms with Gasteiger partial charge in [-0.05, 0) is 58.4 Å². The van der Waals surface area contributed by atoms with Crippen LogP contribution in [0.15, 0.2) is 0 Å². The molecular weight excluding hydrogens is 253 g/mol. The van der Waals surface area contributed by atoms with Crippen molar-refractivity contribution in [3.8, 4) is 0 Å². The quantitative estimate of drug-likeness (QED) is 0.685. The van der Waals surface area contributed by atoms with E-state index < -0.39 is 12.1 Å². The summed E-state index contributed by atoms with van der Waals surface area (Å²) in [5.74, 6) is -1.07. The van der Waals surface area contributed by atoms with E-state index in [0.29, 0.717) is 13.1 Å². The summed E-state index contributed by atoms with van der Waals surface area (Å²) in [6, 6.07) is 0. The minimum absolute atomic E-state index is 0.282. The summed E-state index contributed by atoms with van der Waals surface area (Å²) in [4.78, 5) is 2.19. The molecule has 0 saturated carbocycles. The maximum Gasteiger partial charge on any atom is 0.391 e. The largest absolute Gasteiger partial charge is 0.391 e. The van der Waals surface area contributed by atoms with Gasteiger partial charge in [0.2, 0.25) is 0 Å². The molecule has 19 heavy (non-hydrogen) atoms. The van der Waals surface area contributed by atoms with Crippen LogP contribution in [0.4, 0.5) is 13.2 Å². The van der Waals surface area contributed by atoms with Crippen LogP contribution < -0.4 is 5.32 Å². The smallest absolute Gasteiger partial charge is 0.317 e. The van der Waals surface area contributed by atoms with Gasteiger partial charge in [0, 0.05) is 0 Å². The maximum absolute atomic E-state index is 12.5. The van der Waals surface area contributed by atoms with Gasteiger partial charge in [-0.15, -0.1) is 0 Å². The van der Waals surface area contributed by atoms with Gasteiger partial charge in [0.15, 0.2) is 0 Å². The molecular formula is C14H27F3N2. The van der Waals surface area contributed by atoms with E-state index in [1.165, 1.54) is 19.3 Å². The topological polar surface area (TPSA) is 15.3 Å². The summed E-state index contributed by atoms with van der Waals surface area (Å²) < 4.78 is 37.5. The normalized spacial score (nSPS) is 18.9. The number of nitrogens with zero attached hydrogens (tertiary/aromatic N) is 1. The summed E-state index contributed by atoms with van der Waals surface area (Å²) in [6.45, 7) is 6.39. The van der Waals surface area contributed by atoms with Gasteiger partial charge in [0.1, 0.15) is 0 Å². The van der Waals surface area contributed by atoms with E-state index >= 15 is 0 Å². The summed E-state index contributed by atoms with van der Waals surface area (Å²) in [7, 11) is 0. The van der Waals surface area contributed by atoms with Crippen molar-refractivity contribution >= 4 is 0 Å². The van der Waals surface area contributed by atoms with Crippen LogP contribution in [-0.2, 0) is 0 Å². The van der Waals surface area contributed by atoms with E-state index in [2.05, 4.69) is 17.1 Å². The molecule has 0 amide bonds. The Morgan fingerprint density at radius 1 is 1.05 bits per heavy atom. The number of likely N-dealkylation sites (tertiary alicyclic amines) is 1. The van der Waals surface area contributed by atoms with E-state index in [9.17, 15) is 13.2 Å². The van der Waals surface area contributed by atoms with E-state index in [4.69, 9.17) is 0 Å². The molecule has 5 heteroatoms. The highest BCUT2D eigenvalue weighted by Gasteiger charge is 2.40. The van der Waals surface area contributed by atoms with Crippen molar-refractivity contribution in [3.63, 3.8) is 0 Å². The van der Waals surface area contributed by atoms with Crippen LogP contribution in [0.1, 0.15) is 45.4 Å². The minimum atomic E-state index is -3.99. The highest BCUT2D eigenvalue weighted by atomic mass is 19.4. The molecule has 1 aliphatic rings. The number of piperidine rings is 1. The molecule has 1 N–H and O–H groups in total.